The van der Waals surface area contributed by atoms with Crippen LogP contribution in [0.2, 0.25) is 0 Å². The van der Waals surface area contributed by atoms with Crippen molar-refractivity contribution >= 4 is 21.7 Å². The van der Waals surface area contributed by atoms with Gasteiger partial charge in [0.05, 0.1) is 5.33 Å². The van der Waals surface area contributed by atoms with Gasteiger partial charge < -0.3 is 0 Å². The molecule has 0 aromatic carbocycles. The molecule has 1 heterocycles. The molecule has 0 atom stereocenters. The molecule has 3 nitrogen and oxygen atoms in total. The van der Waals surface area contributed by atoms with E-state index in [4.69, 9.17) is 5.26 Å². The SMILES string of the molecule is N#Cc1ccc(C(=O)CBr)cn1. The zero-order chi connectivity index (χ0) is 8.97. The second-order valence-electron chi connectivity index (χ2n) is 2.10. The van der Waals surface area contributed by atoms with Crippen molar-refractivity contribution in [2.24, 2.45) is 0 Å². The van der Waals surface area contributed by atoms with Crippen LogP contribution in [0.1, 0.15) is 16.1 Å². The molecule has 0 fully saturated rings. The number of aromatic nitrogens is 1. The first-order valence-corrected chi connectivity index (χ1v) is 4.35. The number of rotatable bonds is 2. The summed E-state index contributed by atoms with van der Waals surface area (Å²) in [6.07, 6.45) is 1.40. The summed E-state index contributed by atoms with van der Waals surface area (Å²) in [5.41, 5.74) is 0.840. The summed E-state index contributed by atoms with van der Waals surface area (Å²) in [6, 6.07) is 4.99. The molecule has 0 saturated carbocycles. The lowest BCUT2D eigenvalue weighted by molar-refractivity contribution is 0.102. The minimum atomic E-state index is -0.0352. The lowest BCUT2D eigenvalue weighted by Crippen LogP contribution is -2.00. The zero-order valence-corrected chi connectivity index (χ0v) is 7.71. The van der Waals surface area contributed by atoms with Gasteiger partial charge in [0, 0.05) is 11.8 Å². The highest BCUT2D eigenvalue weighted by atomic mass is 79.9. The molecule has 0 saturated heterocycles. The van der Waals surface area contributed by atoms with Crippen LogP contribution in [0.15, 0.2) is 18.3 Å². The number of hydrogen-bond acceptors (Lipinski definition) is 3. The van der Waals surface area contributed by atoms with Crippen LogP contribution in [0, 0.1) is 11.3 Å². The Balaban J connectivity index is 2.94. The Bertz CT molecular complexity index is 326. The third kappa shape index (κ3) is 1.89. The number of pyridine rings is 1. The van der Waals surface area contributed by atoms with Gasteiger partial charge in [-0.2, -0.15) is 5.26 Å². The van der Waals surface area contributed by atoms with Gasteiger partial charge in [0.15, 0.2) is 5.78 Å². The molecular weight excluding hydrogens is 220 g/mol. The Morgan fingerprint density at radius 3 is 2.83 bits per heavy atom. The number of nitriles is 1. The summed E-state index contributed by atoms with van der Waals surface area (Å²) in [5, 5.41) is 8.70. The largest absolute Gasteiger partial charge is 0.293 e. The van der Waals surface area contributed by atoms with E-state index in [-0.39, 0.29) is 11.1 Å². The maximum Gasteiger partial charge on any atom is 0.174 e. The van der Waals surface area contributed by atoms with E-state index in [0.717, 1.165) is 0 Å². The third-order valence-electron chi connectivity index (χ3n) is 1.32. The number of alkyl halides is 1. The molecule has 0 N–H and O–H groups in total. The number of carbonyl (C=O) groups is 1. The molecule has 0 radical (unpaired) electrons. The van der Waals surface area contributed by atoms with Crippen LogP contribution in [0.3, 0.4) is 0 Å². The predicted octanol–water partition coefficient (Wildman–Crippen LogP) is 1.53. The normalized spacial score (nSPS) is 9.00. The van der Waals surface area contributed by atoms with Gasteiger partial charge >= 0.3 is 0 Å². The second-order valence-corrected chi connectivity index (χ2v) is 2.66. The van der Waals surface area contributed by atoms with E-state index >= 15 is 0 Å². The summed E-state index contributed by atoms with van der Waals surface area (Å²) in [5.74, 6) is -0.0352. The summed E-state index contributed by atoms with van der Waals surface area (Å²) in [7, 11) is 0. The average molecular weight is 225 g/mol. The summed E-state index contributed by atoms with van der Waals surface area (Å²) in [4.78, 5) is 14.8. The van der Waals surface area contributed by atoms with E-state index in [0.29, 0.717) is 11.3 Å². The topological polar surface area (TPSA) is 53.8 Å². The molecule has 1 aromatic heterocycles. The number of Topliss-reactive ketones (excluding diaryl/α,β-unsaturated/α-hetero) is 1. The predicted molar refractivity (Wildman–Crippen MR) is 47.1 cm³/mol. The summed E-state index contributed by atoms with van der Waals surface area (Å²) >= 11 is 3.04. The van der Waals surface area contributed by atoms with Gasteiger partial charge in [-0.25, -0.2) is 4.98 Å². The molecule has 0 spiro atoms. The molecule has 0 aliphatic rings. The van der Waals surface area contributed by atoms with Gasteiger partial charge in [0.2, 0.25) is 0 Å². The lowest BCUT2D eigenvalue weighted by atomic mass is 10.2. The van der Waals surface area contributed by atoms with Crippen molar-refractivity contribution in [1.82, 2.24) is 4.98 Å². The second kappa shape index (κ2) is 3.98. The molecule has 0 amide bonds. The van der Waals surface area contributed by atoms with Crippen molar-refractivity contribution in [1.29, 1.82) is 5.26 Å². The Kier molecular flexibility index (Phi) is 2.94. The first-order valence-electron chi connectivity index (χ1n) is 3.23. The number of hydrogen-bond donors (Lipinski definition) is 0. The van der Waals surface area contributed by atoms with Gasteiger partial charge in [0.25, 0.3) is 0 Å². The van der Waals surface area contributed by atoms with E-state index in [1.807, 2.05) is 6.07 Å². The van der Waals surface area contributed by atoms with E-state index in [9.17, 15) is 4.79 Å². The molecule has 0 aliphatic heterocycles. The number of nitrogens with zero attached hydrogens (tertiary/aromatic N) is 2. The van der Waals surface area contributed by atoms with Crippen molar-refractivity contribution in [2.75, 3.05) is 5.33 Å². The Labute approximate surface area is 78.2 Å². The van der Waals surface area contributed by atoms with Crippen LogP contribution >= 0.6 is 15.9 Å². The number of ketones is 1. The van der Waals surface area contributed by atoms with E-state index in [2.05, 4.69) is 20.9 Å². The van der Waals surface area contributed by atoms with Gasteiger partial charge in [-0.3, -0.25) is 4.79 Å². The molecule has 1 rings (SSSR count). The highest BCUT2D eigenvalue weighted by Gasteiger charge is 2.03. The first kappa shape index (κ1) is 8.88. The fourth-order valence-electron chi connectivity index (χ4n) is 0.702. The highest BCUT2D eigenvalue weighted by molar-refractivity contribution is 9.09. The first-order chi connectivity index (χ1) is 5.77. The molecule has 60 valence electrons. The molecule has 0 unspecified atom stereocenters. The monoisotopic (exact) mass is 224 g/mol. The summed E-state index contributed by atoms with van der Waals surface area (Å²) < 4.78 is 0. The van der Waals surface area contributed by atoms with Crippen molar-refractivity contribution in [3.05, 3.63) is 29.6 Å². The van der Waals surface area contributed by atoms with Crippen LogP contribution in [0.25, 0.3) is 0 Å². The standard InChI is InChI=1S/C8H5BrN2O/c9-3-8(12)6-1-2-7(4-10)11-5-6/h1-2,5H,3H2. The molecule has 4 heteroatoms. The minimum absolute atomic E-state index is 0.0352. The maximum absolute atomic E-state index is 11.0. The smallest absolute Gasteiger partial charge is 0.174 e. The molecular formula is C8H5BrN2O. The number of halogens is 1. The van der Waals surface area contributed by atoms with E-state index in [1.165, 1.54) is 12.3 Å². The average Bonchev–Trinajstić information content (AvgIpc) is 2.17. The van der Waals surface area contributed by atoms with Crippen LogP contribution in [0.4, 0.5) is 0 Å². The molecule has 0 aliphatic carbocycles. The molecule has 0 bridgehead atoms. The van der Waals surface area contributed by atoms with E-state index in [1.54, 1.807) is 6.07 Å². The lowest BCUT2D eigenvalue weighted by Gasteiger charge is -1.94. The van der Waals surface area contributed by atoms with Gasteiger partial charge in [-0.05, 0) is 12.1 Å². The number of carbonyl (C=O) groups excluding carboxylic acids is 1. The van der Waals surface area contributed by atoms with Gasteiger partial charge in [-0.1, -0.05) is 15.9 Å². The third-order valence-corrected chi connectivity index (χ3v) is 1.83. The van der Waals surface area contributed by atoms with Gasteiger partial charge in [-0.15, -0.1) is 0 Å². The zero-order valence-electron chi connectivity index (χ0n) is 6.12. The van der Waals surface area contributed by atoms with Crippen LogP contribution in [-0.4, -0.2) is 16.1 Å². The van der Waals surface area contributed by atoms with Crippen molar-refractivity contribution < 1.29 is 4.79 Å². The molecule has 12 heavy (non-hydrogen) atoms. The van der Waals surface area contributed by atoms with Gasteiger partial charge in [0.1, 0.15) is 11.8 Å². The van der Waals surface area contributed by atoms with Crippen LogP contribution in [-0.2, 0) is 0 Å². The Morgan fingerprint density at radius 1 is 1.67 bits per heavy atom. The van der Waals surface area contributed by atoms with Crippen molar-refractivity contribution in [3.63, 3.8) is 0 Å². The highest BCUT2D eigenvalue weighted by Crippen LogP contribution is 2.02. The molecule has 1 aromatic rings. The fourth-order valence-corrected chi connectivity index (χ4v) is 1.03. The van der Waals surface area contributed by atoms with E-state index < -0.39 is 0 Å². The fraction of sp³-hybridized carbons (Fsp3) is 0.125. The minimum Gasteiger partial charge on any atom is -0.293 e. The summed E-state index contributed by atoms with van der Waals surface area (Å²) in [6.45, 7) is 0. The van der Waals surface area contributed by atoms with Crippen molar-refractivity contribution in [2.45, 2.75) is 0 Å². The van der Waals surface area contributed by atoms with Crippen LogP contribution < -0.4 is 0 Å². The Hall–Kier alpha value is -1.21. The Morgan fingerprint density at radius 2 is 2.42 bits per heavy atom. The van der Waals surface area contributed by atoms with Crippen LogP contribution in [0.5, 0.6) is 0 Å². The van der Waals surface area contributed by atoms with Crippen molar-refractivity contribution in [3.8, 4) is 6.07 Å². The maximum atomic E-state index is 11.0. The quantitative estimate of drug-likeness (QED) is 0.566.